The Morgan fingerprint density at radius 1 is 1.42 bits per heavy atom. The van der Waals surface area contributed by atoms with Gasteiger partial charge in [0.15, 0.2) is 0 Å². The predicted octanol–water partition coefficient (Wildman–Crippen LogP) is 4.05. The first kappa shape index (κ1) is 14.2. The molecule has 4 heteroatoms. The molecule has 2 N–H and O–H groups in total. The molecule has 0 saturated heterocycles. The van der Waals surface area contributed by atoms with Crippen molar-refractivity contribution < 1.29 is 9.53 Å². The van der Waals surface area contributed by atoms with Gasteiger partial charge >= 0.3 is 5.97 Å². The molecule has 3 nitrogen and oxygen atoms in total. The Balaban J connectivity index is 2.09. The van der Waals surface area contributed by atoms with E-state index in [9.17, 15) is 4.79 Å². The number of hydrogen-bond acceptors (Lipinski definition) is 3. The molecule has 19 heavy (non-hydrogen) atoms. The van der Waals surface area contributed by atoms with Crippen LogP contribution in [0.3, 0.4) is 0 Å². The highest BCUT2D eigenvalue weighted by Gasteiger charge is 2.27. The van der Waals surface area contributed by atoms with Gasteiger partial charge in [0.1, 0.15) is 6.10 Å². The van der Waals surface area contributed by atoms with Crippen LogP contribution in [0.5, 0.6) is 0 Å². The van der Waals surface area contributed by atoms with Gasteiger partial charge in [0.2, 0.25) is 0 Å². The van der Waals surface area contributed by atoms with Crippen LogP contribution in [0.1, 0.15) is 49.4 Å². The SMILES string of the molecule is CCC1CCCCC1OC(=O)c1cc(N)ccc1Cl. The van der Waals surface area contributed by atoms with Gasteiger partial charge in [0.25, 0.3) is 0 Å². The number of rotatable bonds is 3. The number of esters is 1. The zero-order chi connectivity index (χ0) is 13.8. The fourth-order valence-corrected chi connectivity index (χ4v) is 2.89. The van der Waals surface area contributed by atoms with Gasteiger partial charge in [-0.15, -0.1) is 0 Å². The third kappa shape index (κ3) is 3.41. The summed E-state index contributed by atoms with van der Waals surface area (Å²) in [5.41, 5.74) is 6.57. The zero-order valence-electron chi connectivity index (χ0n) is 11.2. The predicted molar refractivity (Wildman–Crippen MR) is 77.3 cm³/mol. The molecule has 0 radical (unpaired) electrons. The number of anilines is 1. The van der Waals surface area contributed by atoms with Crippen LogP contribution >= 0.6 is 11.6 Å². The van der Waals surface area contributed by atoms with E-state index >= 15 is 0 Å². The molecular formula is C15H20ClNO2. The molecule has 0 aliphatic heterocycles. The minimum absolute atomic E-state index is 0.0174. The minimum atomic E-state index is -0.359. The highest BCUT2D eigenvalue weighted by Crippen LogP contribution is 2.30. The molecule has 2 rings (SSSR count). The minimum Gasteiger partial charge on any atom is -0.458 e. The lowest BCUT2D eigenvalue weighted by molar-refractivity contribution is 0.000734. The quantitative estimate of drug-likeness (QED) is 0.672. The van der Waals surface area contributed by atoms with Crippen LogP contribution in [-0.4, -0.2) is 12.1 Å². The highest BCUT2D eigenvalue weighted by molar-refractivity contribution is 6.33. The zero-order valence-corrected chi connectivity index (χ0v) is 12.0. The first-order valence-corrected chi connectivity index (χ1v) is 7.25. The van der Waals surface area contributed by atoms with E-state index in [4.69, 9.17) is 22.1 Å². The standard InChI is InChI=1S/C15H20ClNO2/c1-2-10-5-3-4-6-14(10)19-15(18)12-9-11(17)7-8-13(12)16/h7-10,14H,2-6,17H2,1H3. The van der Waals surface area contributed by atoms with Crippen molar-refractivity contribution in [2.45, 2.75) is 45.1 Å². The number of carbonyl (C=O) groups excluding carboxylic acids is 1. The van der Waals surface area contributed by atoms with Gasteiger partial charge in [-0.1, -0.05) is 24.9 Å². The number of carbonyl (C=O) groups is 1. The molecule has 1 saturated carbocycles. The van der Waals surface area contributed by atoms with E-state index in [0.717, 1.165) is 25.7 Å². The van der Waals surface area contributed by atoms with Crippen molar-refractivity contribution in [2.75, 3.05) is 5.73 Å². The summed E-state index contributed by atoms with van der Waals surface area (Å²) in [6, 6.07) is 4.88. The lowest BCUT2D eigenvalue weighted by atomic mass is 9.85. The summed E-state index contributed by atoms with van der Waals surface area (Å²) < 4.78 is 5.64. The molecule has 0 heterocycles. The molecule has 104 valence electrons. The van der Waals surface area contributed by atoms with Crippen LogP contribution in [0.15, 0.2) is 18.2 Å². The van der Waals surface area contributed by atoms with Crippen LogP contribution in [0, 0.1) is 5.92 Å². The molecule has 0 amide bonds. The lowest BCUT2D eigenvalue weighted by Gasteiger charge is -2.30. The van der Waals surface area contributed by atoms with Crippen LogP contribution in [0.25, 0.3) is 0 Å². The Bertz CT molecular complexity index is 461. The van der Waals surface area contributed by atoms with Gasteiger partial charge < -0.3 is 10.5 Å². The Kier molecular flexibility index (Phi) is 4.70. The molecule has 0 aromatic heterocycles. The van der Waals surface area contributed by atoms with Gasteiger partial charge in [0, 0.05) is 5.69 Å². The summed E-state index contributed by atoms with van der Waals surface area (Å²) in [6.45, 7) is 2.14. The third-order valence-electron chi connectivity index (χ3n) is 3.83. The van der Waals surface area contributed by atoms with Crippen LogP contribution < -0.4 is 5.73 Å². The summed E-state index contributed by atoms with van der Waals surface area (Å²) in [7, 11) is 0. The maximum atomic E-state index is 12.2. The fourth-order valence-electron chi connectivity index (χ4n) is 2.70. The van der Waals surface area contributed by atoms with Crippen molar-refractivity contribution in [3.63, 3.8) is 0 Å². The highest BCUT2D eigenvalue weighted by atomic mass is 35.5. The summed E-state index contributed by atoms with van der Waals surface area (Å²) in [6.07, 6.45) is 5.50. The van der Waals surface area contributed by atoms with E-state index in [1.807, 2.05) is 0 Å². The second-order valence-electron chi connectivity index (χ2n) is 5.14. The molecule has 1 fully saturated rings. The van der Waals surface area contributed by atoms with Gasteiger partial charge in [0.05, 0.1) is 10.6 Å². The maximum absolute atomic E-state index is 12.2. The topological polar surface area (TPSA) is 52.3 Å². The molecule has 1 aliphatic rings. The molecule has 0 bridgehead atoms. The van der Waals surface area contributed by atoms with E-state index in [-0.39, 0.29) is 12.1 Å². The van der Waals surface area contributed by atoms with Crippen LogP contribution in [-0.2, 0) is 4.74 Å². The van der Waals surface area contributed by atoms with Crippen molar-refractivity contribution >= 4 is 23.3 Å². The van der Waals surface area contributed by atoms with Crippen LogP contribution in [0.2, 0.25) is 5.02 Å². The number of hydrogen-bond donors (Lipinski definition) is 1. The van der Waals surface area contributed by atoms with Gasteiger partial charge in [-0.3, -0.25) is 0 Å². The number of benzene rings is 1. The fraction of sp³-hybridized carbons (Fsp3) is 0.533. The van der Waals surface area contributed by atoms with Crippen molar-refractivity contribution in [3.8, 4) is 0 Å². The number of halogens is 1. The molecule has 0 spiro atoms. The van der Waals surface area contributed by atoms with Crippen LogP contribution in [0.4, 0.5) is 5.69 Å². The molecule has 2 unspecified atom stereocenters. The van der Waals surface area contributed by atoms with Crippen molar-refractivity contribution in [1.29, 1.82) is 0 Å². The second-order valence-corrected chi connectivity index (χ2v) is 5.54. The average molecular weight is 282 g/mol. The maximum Gasteiger partial charge on any atom is 0.340 e. The Labute approximate surface area is 119 Å². The normalized spacial score (nSPS) is 23.1. The van der Waals surface area contributed by atoms with Crippen molar-refractivity contribution in [1.82, 2.24) is 0 Å². The third-order valence-corrected chi connectivity index (χ3v) is 4.16. The van der Waals surface area contributed by atoms with Gasteiger partial charge in [-0.05, 0) is 49.8 Å². The smallest absolute Gasteiger partial charge is 0.340 e. The summed E-state index contributed by atoms with van der Waals surface area (Å²) in [4.78, 5) is 12.2. The molecule has 1 aliphatic carbocycles. The Morgan fingerprint density at radius 3 is 2.89 bits per heavy atom. The summed E-state index contributed by atoms with van der Waals surface area (Å²) in [5, 5.41) is 0.392. The molecular weight excluding hydrogens is 262 g/mol. The van der Waals surface area contributed by atoms with Gasteiger partial charge in [-0.2, -0.15) is 0 Å². The molecule has 2 atom stereocenters. The Hall–Kier alpha value is -1.22. The average Bonchev–Trinajstić information content (AvgIpc) is 2.42. The molecule has 1 aromatic carbocycles. The number of nitrogens with two attached hydrogens (primary N) is 1. The van der Waals surface area contributed by atoms with E-state index in [1.54, 1.807) is 18.2 Å². The van der Waals surface area contributed by atoms with E-state index in [0.29, 0.717) is 22.2 Å². The lowest BCUT2D eigenvalue weighted by Crippen LogP contribution is -2.29. The monoisotopic (exact) mass is 281 g/mol. The number of nitrogen functional groups attached to an aromatic ring is 1. The Morgan fingerprint density at radius 2 is 2.16 bits per heavy atom. The first-order valence-electron chi connectivity index (χ1n) is 6.87. The van der Waals surface area contributed by atoms with E-state index < -0.39 is 0 Å². The van der Waals surface area contributed by atoms with E-state index in [2.05, 4.69) is 6.92 Å². The summed E-state index contributed by atoms with van der Waals surface area (Å²) >= 11 is 6.02. The molecule has 1 aromatic rings. The van der Waals surface area contributed by atoms with Crippen molar-refractivity contribution in [2.24, 2.45) is 5.92 Å². The van der Waals surface area contributed by atoms with Crippen molar-refractivity contribution in [3.05, 3.63) is 28.8 Å². The summed E-state index contributed by atoms with van der Waals surface area (Å²) in [5.74, 6) is 0.111. The first-order chi connectivity index (χ1) is 9.11. The second kappa shape index (κ2) is 6.29. The largest absolute Gasteiger partial charge is 0.458 e. The number of ether oxygens (including phenoxy) is 1. The van der Waals surface area contributed by atoms with Gasteiger partial charge in [-0.25, -0.2) is 4.79 Å². The van der Waals surface area contributed by atoms with E-state index in [1.165, 1.54) is 6.42 Å².